The number of hydrogen-bond acceptors (Lipinski definition) is 5. The first kappa shape index (κ1) is 20.8. The lowest BCUT2D eigenvalue weighted by Crippen LogP contribution is -2.53. The molecule has 2 aromatic rings. The molecular formula is C24H33N5O. The van der Waals surface area contributed by atoms with Crippen LogP contribution in [0.25, 0.3) is 0 Å². The van der Waals surface area contributed by atoms with Gasteiger partial charge in [0.05, 0.1) is 0 Å². The molecule has 6 nitrogen and oxygen atoms in total. The minimum absolute atomic E-state index is 0.238. The van der Waals surface area contributed by atoms with E-state index in [1.807, 2.05) is 36.3 Å². The lowest BCUT2D eigenvalue weighted by atomic mass is 9.73. The summed E-state index contributed by atoms with van der Waals surface area (Å²) in [5.41, 5.74) is 9.35. The molecule has 30 heavy (non-hydrogen) atoms. The molecule has 1 saturated heterocycles. The minimum atomic E-state index is 0.238. The Labute approximate surface area is 179 Å². The van der Waals surface area contributed by atoms with Crippen LogP contribution in [-0.4, -0.2) is 51.9 Å². The average Bonchev–Trinajstić information content (AvgIpc) is 2.73. The zero-order chi connectivity index (χ0) is 21.1. The van der Waals surface area contributed by atoms with E-state index in [2.05, 4.69) is 33.9 Å². The molecule has 1 amide bonds. The van der Waals surface area contributed by atoms with Gasteiger partial charge in [-0.15, -0.1) is 0 Å². The number of likely N-dealkylation sites (tertiary alicyclic amines) is 1. The smallest absolute Gasteiger partial charge is 0.222 e. The highest BCUT2D eigenvalue weighted by Crippen LogP contribution is 2.37. The number of aromatic nitrogens is 2. The predicted molar refractivity (Wildman–Crippen MR) is 119 cm³/mol. The molecule has 0 bridgehead atoms. The third-order valence-electron chi connectivity index (χ3n) is 6.66. The molecule has 2 N–H and O–H groups in total. The molecule has 1 aromatic heterocycles. The maximum absolute atomic E-state index is 13.0. The number of nitrogens with zero attached hydrogens (tertiary/aromatic N) is 4. The zero-order valence-corrected chi connectivity index (χ0v) is 18.1. The number of hydrogen-bond donors (Lipinski definition) is 1. The average molecular weight is 408 g/mol. The molecule has 0 spiro atoms. The van der Waals surface area contributed by atoms with Gasteiger partial charge in [-0.25, -0.2) is 9.97 Å². The van der Waals surface area contributed by atoms with Gasteiger partial charge in [-0.05, 0) is 55.2 Å². The summed E-state index contributed by atoms with van der Waals surface area (Å²) in [5, 5.41) is 0. The number of rotatable bonds is 6. The van der Waals surface area contributed by atoms with Crippen LogP contribution >= 0.6 is 0 Å². The molecule has 1 aliphatic carbocycles. The molecular weight excluding hydrogens is 374 g/mol. The second kappa shape index (κ2) is 9.13. The Morgan fingerprint density at radius 1 is 1.27 bits per heavy atom. The second-order valence-corrected chi connectivity index (χ2v) is 8.97. The molecule has 6 heteroatoms. The number of anilines is 1. The normalized spacial score (nSPS) is 23.5. The highest BCUT2D eigenvalue weighted by atomic mass is 16.2. The van der Waals surface area contributed by atoms with Gasteiger partial charge in [-0.2, -0.15) is 0 Å². The van der Waals surface area contributed by atoms with Crippen LogP contribution < -0.4 is 5.73 Å². The van der Waals surface area contributed by atoms with Gasteiger partial charge in [0.25, 0.3) is 0 Å². The van der Waals surface area contributed by atoms with Crippen molar-refractivity contribution in [2.75, 3.05) is 25.9 Å². The molecule has 1 aromatic carbocycles. The number of amides is 1. The number of piperidine rings is 1. The lowest BCUT2D eigenvalue weighted by molar-refractivity contribution is -0.132. The molecule has 4 rings (SSSR count). The Hall–Kier alpha value is -2.47. The van der Waals surface area contributed by atoms with Gasteiger partial charge in [-0.3, -0.25) is 9.69 Å². The van der Waals surface area contributed by atoms with Crippen LogP contribution in [0.1, 0.15) is 43.0 Å². The fourth-order valence-electron chi connectivity index (χ4n) is 5.26. The third-order valence-corrected chi connectivity index (χ3v) is 6.66. The Morgan fingerprint density at radius 3 is 2.83 bits per heavy atom. The second-order valence-electron chi connectivity index (χ2n) is 8.97. The zero-order valence-electron chi connectivity index (χ0n) is 18.1. The van der Waals surface area contributed by atoms with E-state index in [1.165, 1.54) is 11.1 Å². The Bertz CT molecular complexity index is 871. The van der Waals surface area contributed by atoms with E-state index in [0.717, 1.165) is 44.5 Å². The van der Waals surface area contributed by atoms with Crippen LogP contribution in [0.3, 0.4) is 0 Å². The SMILES string of the molecule is CCCN1C[C@@H](CC(=O)N(C)Cc2ccccc2)C[C@@H]2Cc3nc(N)ncc3C[C@H]21. The van der Waals surface area contributed by atoms with Gasteiger partial charge in [0, 0.05) is 44.5 Å². The monoisotopic (exact) mass is 407 g/mol. The summed E-state index contributed by atoms with van der Waals surface area (Å²) in [6.45, 7) is 4.99. The number of nitrogens with two attached hydrogens (primary N) is 1. The maximum atomic E-state index is 13.0. The van der Waals surface area contributed by atoms with E-state index in [-0.39, 0.29) is 5.91 Å². The number of carbonyl (C=O) groups is 1. The van der Waals surface area contributed by atoms with E-state index in [1.54, 1.807) is 0 Å². The van der Waals surface area contributed by atoms with Crippen LogP contribution in [0.4, 0.5) is 5.95 Å². The summed E-state index contributed by atoms with van der Waals surface area (Å²) in [4.78, 5) is 26.2. The first-order chi connectivity index (χ1) is 14.5. The first-order valence-electron chi connectivity index (χ1n) is 11.2. The van der Waals surface area contributed by atoms with Crippen molar-refractivity contribution >= 4 is 11.9 Å². The summed E-state index contributed by atoms with van der Waals surface area (Å²) in [6, 6.07) is 10.7. The Kier molecular flexibility index (Phi) is 6.32. The quantitative estimate of drug-likeness (QED) is 0.797. The standard InChI is InChI=1S/C24H33N5O/c1-3-9-29-16-18(11-23(30)28(2)15-17-7-5-4-6-8-17)10-19-12-21-20(13-22(19)29)14-26-24(25)27-21/h4-8,14,18-19,22H,3,9-13,15-16H2,1-2H3,(H2,25,26,27)/t18-,19-,22-/m1/s1. The molecule has 2 aliphatic rings. The van der Waals surface area contributed by atoms with Gasteiger partial charge in [0.15, 0.2) is 0 Å². The van der Waals surface area contributed by atoms with E-state index in [4.69, 9.17) is 5.73 Å². The van der Waals surface area contributed by atoms with E-state index >= 15 is 0 Å². The summed E-state index contributed by atoms with van der Waals surface area (Å²) in [5.74, 6) is 1.53. The van der Waals surface area contributed by atoms with Crippen molar-refractivity contribution in [1.29, 1.82) is 0 Å². The van der Waals surface area contributed by atoms with Crippen LogP contribution in [-0.2, 0) is 24.2 Å². The molecule has 1 aliphatic heterocycles. The van der Waals surface area contributed by atoms with Gasteiger partial charge >= 0.3 is 0 Å². The fraction of sp³-hybridized carbons (Fsp3) is 0.542. The topological polar surface area (TPSA) is 75.4 Å². The first-order valence-corrected chi connectivity index (χ1v) is 11.2. The van der Waals surface area contributed by atoms with Gasteiger partial charge in [-0.1, -0.05) is 37.3 Å². The number of carbonyl (C=O) groups excluding carboxylic acids is 1. The Balaban J connectivity index is 1.43. The van der Waals surface area contributed by atoms with E-state index < -0.39 is 0 Å². The van der Waals surface area contributed by atoms with Gasteiger partial charge in [0.2, 0.25) is 11.9 Å². The van der Waals surface area contributed by atoms with E-state index in [0.29, 0.717) is 36.8 Å². The fourth-order valence-corrected chi connectivity index (χ4v) is 5.26. The summed E-state index contributed by atoms with van der Waals surface area (Å²) < 4.78 is 0. The van der Waals surface area contributed by atoms with Crippen molar-refractivity contribution in [2.45, 2.75) is 51.6 Å². The highest BCUT2D eigenvalue weighted by Gasteiger charge is 2.40. The van der Waals surface area contributed by atoms with Crippen LogP contribution in [0.15, 0.2) is 36.5 Å². The van der Waals surface area contributed by atoms with E-state index in [9.17, 15) is 4.79 Å². The number of nitrogen functional groups attached to an aromatic ring is 1. The highest BCUT2D eigenvalue weighted by molar-refractivity contribution is 5.76. The molecule has 2 heterocycles. The van der Waals surface area contributed by atoms with Crippen molar-refractivity contribution in [3.63, 3.8) is 0 Å². The summed E-state index contributed by atoms with van der Waals surface area (Å²) in [6.07, 6.45) is 6.67. The Morgan fingerprint density at radius 2 is 2.07 bits per heavy atom. The van der Waals surface area contributed by atoms with Crippen LogP contribution in [0.5, 0.6) is 0 Å². The molecule has 160 valence electrons. The minimum Gasteiger partial charge on any atom is -0.368 e. The van der Waals surface area contributed by atoms with Crippen molar-refractivity contribution in [1.82, 2.24) is 19.8 Å². The van der Waals surface area contributed by atoms with Gasteiger partial charge in [0.1, 0.15) is 0 Å². The summed E-state index contributed by atoms with van der Waals surface area (Å²) in [7, 11) is 1.92. The predicted octanol–water partition coefficient (Wildman–Crippen LogP) is 2.92. The third kappa shape index (κ3) is 4.64. The molecule has 3 atom stereocenters. The molecule has 1 fully saturated rings. The number of benzene rings is 1. The largest absolute Gasteiger partial charge is 0.368 e. The molecule has 0 saturated carbocycles. The van der Waals surface area contributed by atoms with Crippen molar-refractivity contribution < 1.29 is 4.79 Å². The van der Waals surface area contributed by atoms with Crippen molar-refractivity contribution in [3.8, 4) is 0 Å². The van der Waals surface area contributed by atoms with Crippen LogP contribution in [0.2, 0.25) is 0 Å². The van der Waals surface area contributed by atoms with Gasteiger partial charge < -0.3 is 10.6 Å². The van der Waals surface area contributed by atoms with Crippen LogP contribution in [0, 0.1) is 11.8 Å². The summed E-state index contributed by atoms with van der Waals surface area (Å²) >= 11 is 0. The maximum Gasteiger partial charge on any atom is 0.222 e. The number of fused-ring (bicyclic) bond motifs is 2. The molecule has 0 unspecified atom stereocenters. The van der Waals surface area contributed by atoms with Crippen molar-refractivity contribution in [3.05, 3.63) is 53.3 Å². The molecule has 0 radical (unpaired) electrons. The van der Waals surface area contributed by atoms with Crippen molar-refractivity contribution in [2.24, 2.45) is 11.8 Å². The lowest BCUT2D eigenvalue weighted by Gasteiger charge is -2.47.